The van der Waals surface area contributed by atoms with Crippen LogP contribution in [0.1, 0.15) is 18.1 Å². The number of halogens is 1. The average Bonchev–Trinajstić information content (AvgIpc) is 2.67. The quantitative estimate of drug-likeness (QED) is 0.683. The SMILES string of the molecule is N#CC1COC(c2ccc(F)cc2)C1. The van der Waals surface area contributed by atoms with Gasteiger partial charge in [-0.3, -0.25) is 0 Å². The lowest BCUT2D eigenvalue weighted by Crippen LogP contribution is -1.95. The van der Waals surface area contributed by atoms with Crippen molar-refractivity contribution in [3.63, 3.8) is 0 Å². The third kappa shape index (κ3) is 1.75. The molecule has 0 saturated carbocycles. The van der Waals surface area contributed by atoms with E-state index in [1.807, 2.05) is 0 Å². The predicted octanol–water partition coefficient (Wildman–Crippen LogP) is 2.43. The molecule has 1 aromatic rings. The Balaban J connectivity index is 2.10. The van der Waals surface area contributed by atoms with Gasteiger partial charge in [-0.05, 0) is 24.1 Å². The first-order chi connectivity index (χ1) is 6.79. The number of hydrogen-bond donors (Lipinski definition) is 0. The highest BCUT2D eigenvalue weighted by molar-refractivity contribution is 5.20. The number of benzene rings is 1. The van der Waals surface area contributed by atoms with Gasteiger partial charge in [-0.2, -0.15) is 5.26 Å². The minimum atomic E-state index is -0.247. The second-order valence-corrected chi connectivity index (χ2v) is 3.44. The molecule has 3 heteroatoms. The van der Waals surface area contributed by atoms with Crippen molar-refractivity contribution in [1.82, 2.24) is 0 Å². The van der Waals surface area contributed by atoms with Crippen LogP contribution in [0.15, 0.2) is 24.3 Å². The van der Waals surface area contributed by atoms with Crippen molar-refractivity contribution in [3.05, 3.63) is 35.6 Å². The molecular formula is C11H10FNO. The van der Waals surface area contributed by atoms with Crippen LogP contribution >= 0.6 is 0 Å². The van der Waals surface area contributed by atoms with Gasteiger partial charge < -0.3 is 4.74 Å². The molecule has 2 rings (SSSR count). The number of nitriles is 1. The van der Waals surface area contributed by atoms with Crippen LogP contribution in [0.25, 0.3) is 0 Å². The van der Waals surface area contributed by atoms with Crippen molar-refractivity contribution in [2.45, 2.75) is 12.5 Å². The molecule has 0 aliphatic carbocycles. The van der Waals surface area contributed by atoms with E-state index in [0.29, 0.717) is 13.0 Å². The summed E-state index contributed by atoms with van der Waals surface area (Å²) in [6, 6.07) is 8.42. The van der Waals surface area contributed by atoms with Crippen molar-refractivity contribution < 1.29 is 9.13 Å². The summed E-state index contributed by atoms with van der Waals surface area (Å²) < 4.78 is 18.1. The lowest BCUT2D eigenvalue weighted by molar-refractivity contribution is 0.109. The van der Waals surface area contributed by atoms with E-state index in [1.54, 1.807) is 12.1 Å². The number of ether oxygens (including phenoxy) is 1. The summed E-state index contributed by atoms with van der Waals surface area (Å²) in [6.07, 6.45) is 0.669. The molecule has 1 heterocycles. The highest BCUT2D eigenvalue weighted by Crippen LogP contribution is 2.31. The van der Waals surface area contributed by atoms with Crippen LogP contribution in [0, 0.1) is 23.1 Å². The smallest absolute Gasteiger partial charge is 0.123 e. The second kappa shape index (κ2) is 3.77. The van der Waals surface area contributed by atoms with Crippen molar-refractivity contribution in [2.24, 2.45) is 5.92 Å². The molecule has 0 amide bonds. The van der Waals surface area contributed by atoms with Gasteiger partial charge in [0.15, 0.2) is 0 Å². The van der Waals surface area contributed by atoms with E-state index < -0.39 is 0 Å². The standard InChI is InChI=1S/C11H10FNO/c12-10-3-1-9(2-4-10)11-5-8(6-13)7-14-11/h1-4,8,11H,5,7H2. The Morgan fingerprint density at radius 3 is 2.64 bits per heavy atom. The van der Waals surface area contributed by atoms with Crippen LogP contribution in [0.4, 0.5) is 4.39 Å². The molecule has 72 valence electrons. The topological polar surface area (TPSA) is 33.0 Å². The first-order valence-corrected chi connectivity index (χ1v) is 4.56. The van der Waals surface area contributed by atoms with Gasteiger partial charge in [0.2, 0.25) is 0 Å². The molecule has 2 unspecified atom stereocenters. The van der Waals surface area contributed by atoms with E-state index in [1.165, 1.54) is 12.1 Å². The van der Waals surface area contributed by atoms with Gasteiger partial charge in [-0.25, -0.2) is 4.39 Å². The summed E-state index contributed by atoms with van der Waals surface area (Å²) in [4.78, 5) is 0. The zero-order valence-electron chi connectivity index (χ0n) is 7.61. The molecule has 1 aliphatic heterocycles. The first kappa shape index (κ1) is 9.17. The van der Waals surface area contributed by atoms with Crippen molar-refractivity contribution >= 4 is 0 Å². The minimum Gasteiger partial charge on any atom is -0.372 e. The molecular weight excluding hydrogens is 181 g/mol. The highest BCUT2D eigenvalue weighted by Gasteiger charge is 2.26. The molecule has 0 bridgehead atoms. The Hall–Kier alpha value is -1.40. The van der Waals surface area contributed by atoms with Gasteiger partial charge in [0.25, 0.3) is 0 Å². The van der Waals surface area contributed by atoms with E-state index in [2.05, 4.69) is 6.07 Å². The number of hydrogen-bond acceptors (Lipinski definition) is 2. The van der Waals surface area contributed by atoms with Crippen LogP contribution in [-0.2, 0) is 4.74 Å². The van der Waals surface area contributed by atoms with Crippen molar-refractivity contribution in [2.75, 3.05) is 6.61 Å². The predicted molar refractivity (Wildman–Crippen MR) is 48.8 cm³/mol. The third-order valence-corrected chi connectivity index (χ3v) is 2.42. The molecule has 2 atom stereocenters. The maximum atomic E-state index is 12.6. The van der Waals surface area contributed by atoms with Crippen LogP contribution < -0.4 is 0 Å². The molecule has 0 N–H and O–H groups in total. The van der Waals surface area contributed by atoms with Gasteiger partial charge in [0.05, 0.1) is 24.7 Å². The second-order valence-electron chi connectivity index (χ2n) is 3.44. The Morgan fingerprint density at radius 2 is 2.07 bits per heavy atom. The van der Waals surface area contributed by atoms with E-state index >= 15 is 0 Å². The van der Waals surface area contributed by atoms with E-state index in [-0.39, 0.29) is 17.8 Å². The maximum absolute atomic E-state index is 12.6. The fourth-order valence-electron chi connectivity index (χ4n) is 1.63. The van der Waals surface area contributed by atoms with E-state index in [0.717, 1.165) is 5.56 Å². The first-order valence-electron chi connectivity index (χ1n) is 4.56. The zero-order valence-corrected chi connectivity index (χ0v) is 7.61. The Bertz CT molecular complexity index is 355. The maximum Gasteiger partial charge on any atom is 0.123 e. The highest BCUT2D eigenvalue weighted by atomic mass is 19.1. The summed E-state index contributed by atoms with van der Waals surface area (Å²) in [5.74, 6) is -0.270. The normalized spacial score (nSPS) is 26.0. The van der Waals surface area contributed by atoms with Gasteiger partial charge in [-0.1, -0.05) is 12.1 Å². The Kier molecular flexibility index (Phi) is 2.47. The number of rotatable bonds is 1. The van der Waals surface area contributed by atoms with Crippen molar-refractivity contribution in [1.29, 1.82) is 5.26 Å². The lowest BCUT2D eigenvalue weighted by atomic mass is 10.0. The molecule has 1 saturated heterocycles. The van der Waals surface area contributed by atoms with Crippen LogP contribution in [0.3, 0.4) is 0 Å². The van der Waals surface area contributed by atoms with Gasteiger partial charge in [0, 0.05) is 0 Å². The molecule has 1 aliphatic rings. The lowest BCUT2D eigenvalue weighted by Gasteiger charge is -2.08. The fraction of sp³-hybridized carbons (Fsp3) is 0.364. The van der Waals surface area contributed by atoms with Gasteiger partial charge in [-0.15, -0.1) is 0 Å². The van der Waals surface area contributed by atoms with Crippen molar-refractivity contribution in [3.8, 4) is 6.07 Å². The average molecular weight is 191 g/mol. The van der Waals surface area contributed by atoms with Crippen LogP contribution in [-0.4, -0.2) is 6.61 Å². The molecule has 14 heavy (non-hydrogen) atoms. The van der Waals surface area contributed by atoms with E-state index in [9.17, 15) is 4.39 Å². The Morgan fingerprint density at radius 1 is 1.36 bits per heavy atom. The molecule has 1 aromatic carbocycles. The molecule has 0 spiro atoms. The molecule has 2 nitrogen and oxygen atoms in total. The summed E-state index contributed by atoms with van der Waals surface area (Å²) in [6.45, 7) is 0.485. The zero-order chi connectivity index (χ0) is 9.97. The number of nitrogens with zero attached hydrogens (tertiary/aromatic N) is 1. The Labute approximate surface area is 81.9 Å². The molecule has 0 aromatic heterocycles. The van der Waals surface area contributed by atoms with E-state index in [4.69, 9.17) is 10.00 Å². The van der Waals surface area contributed by atoms with Gasteiger partial charge >= 0.3 is 0 Å². The summed E-state index contributed by atoms with van der Waals surface area (Å²) in [7, 11) is 0. The summed E-state index contributed by atoms with van der Waals surface area (Å²) in [5, 5.41) is 8.68. The van der Waals surface area contributed by atoms with Crippen LogP contribution in [0.2, 0.25) is 0 Å². The largest absolute Gasteiger partial charge is 0.372 e. The van der Waals surface area contributed by atoms with Crippen LogP contribution in [0.5, 0.6) is 0 Å². The fourth-order valence-corrected chi connectivity index (χ4v) is 1.63. The summed E-state index contributed by atoms with van der Waals surface area (Å²) in [5.41, 5.74) is 0.948. The monoisotopic (exact) mass is 191 g/mol. The third-order valence-electron chi connectivity index (χ3n) is 2.42. The minimum absolute atomic E-state index is 0.0231. The molecule has 1 fully saturated rings. The van der Waals surface area contributed by atoms with Gasteiger partial charge in [0.1, 0.15) is 5.82 Å². The molecule has 0 radical (unpaired) electrons. The summed E-state index contributed by atoms with van der Waals surface area (Å²) >= 11 is 0.